The molecule has 0 N–H and O–H groups in total. The number of carbonyl (C=O) groups excluding carboxylic acids is 2. The van der Waals surface area contributed by atoms with E-state index in [4.69, 9.17) is 4.74 Å². The Bertz CT molecular complexity index is 727. The Balaban J connectivity index is 1.90. The predicted molar refractivity (Wildman–Crippen MR) is 92.0 cm³/mol. The van der Waals surface area contributed by atoms with Crippen LogP contribution >= 0.6 is 0 Å². The van der Waals surface area contributed by atoms with Gasteiger partial charge in [-0.25, -0.2) is 4.79 Å². The van der Waals surface area contributed by atoms with E-state index in [0.29, 0.717) is 18.7 Å². The Morgan fingerprint density at radius 3 is 2.54 bits per heavy atom. The molecule has 0 aromatic heterocycles. The Kier molecular flexibility index (Phi) is 4.94. The van der Waals surface area contributed by atoms with Gasteiger partial charge < -0.3 is 9.64 Å². The highest BCUT2D eigenvalue weighted by molar-refractivity contribution is 5.96. The number of amides is 1. The van der Waals surface area contributed by atoms with E-state index in [-0.39, 0.29) is 24.3 Å². The van der Waals surface area contributed by atoms with Crippen molar-refractivity contribution in [3.05, 3.63) is 71.3 Å². The van der Waals surface area contributed by atoms with Gasteiger partial charge in [0.15, 0.2) is 5.78 Å². The summed E-state index contributed by atoms with van der Waals surface area (Å²) in [5.41, 5.74) is 2.91. The van der Waals surface area contributed by atoms with Crippen molar-refractivity contribution in [2.75, 3.05) is 13.2 Å². The molecule has 1 atom stereocenters. The minimum atomic E-state index is -0.349. The van der Waals surface area contributed by atoms with E-state index in [1.807, 2.05) is 48.5 Å². The third kappa shape index (κ3) is 3.32. The molecule has 1 heterocycles. The van der Waals surface area contributed by atoms with E-state index < -0.39 is 0 Å². The quantitative estimate of drug-likeness (QED) is 0.799. The first kappa shape index (κ1) is 16.2. The third-order valence-corrected chi connectivity index (χ3v) is 4.39. The predicted octanol–water partition coefficient (Wildman–Crippen LogP) is 4.02. The average Bonchev–Trinajstić information content (AvgIpc) is 2.63. The molecule has 0 fully saturated rings. The van der Waals surface area contributed by atoms with Crippen molar-refractivity contribution in [2.45, 2.75) is 25.8 Å². The summed E-state index contributed by atoms with van der Waals surface area (Å²) < 4.78 is 5.19. The molecule has 124 valence electrons. The first-order valence-corrected chi connectivity index (χ1v) is 8.30. The number of ether oxygens (including phenoxy) is 1. The van der Waals surface area contributed by atoms with Crippen molar-refractivity contribution in [1.82, 2.24) is 4.90 Å². The molecule has 0 saturated carbocycles. The van der Waals surface area contributed by atoms with Crippen molar-refractivity contribution < 1.29 is 14.3 Å². The summed E-state index contributed by atoms with van der Waals surface area (Å²) in [5, 5.41) is 0. The molecule has 2 aromatic carbocycles. The molecule has 3 rings (SSSR count). The molecule has 1 unspecified atom stereocenters. The van der Waals surface area contributed by atoms with E-state index in [1.165, 1.54) is 5.56 Å². The Morgan fingerprint density at radius 1 is 1.08 bits per heavy atom. The number of ketones is 1. The van der Waals surface area contributed by atoms with Crippen LogP contribution in [0.25, 0.3) is 0 Å². The first-order valence-electron chi connectivity index (χ1n) is 8.30. The summed E-state index contributed by atoms with van der Waals surface area (Å²) in [4.78, 5) is 26.7. The lowest BCUT2D eigenvalue weighted by Crippen LogP contribution is -2.41. The van der Waals surface area contributed by atoms with Crippen LogP contribution in [0.2, 0.25) is 0 Å². The van der Waals surface area contributed by atoms with Crippen LogP contribution in [0, 0.1) is 0 Å². The van der Waals surface area contributed by atoms with Crippen LogP contribution in [0.4, 0.5) is 4.79 Å². The number of Topliss-reactive ketones (excluding diaryl/α,β-unsaturated/α-hetero) is 1. The van der Waals surface area contributed by atoms with Crippen molar-refractivity contribution >= 4 is 11.9 Å². The van der Waals surface area contributed by atoms with Gasteiger partial charge in [-0.05, 0) is 24.5 Å². The summed E-state index contributed by atoms with van der Waals surface area (Å²) >= 11 is 0. The first-order chi connectivity index (χ1) is 11.7. The molecule has 24 heavy (non-hydrogen) atoms. The highest BCUT2D eigenvalue weighted by Crippen LogP contribution is 2.33. The summed E-state index contributed by atoms with van der Waals surface area (Å²) in [6.45, 7) is 2.69. The zero-order chi connectivity index (χ0) is 16.9. The maximum absolute atomic E-state index is 12.7. The average molecular weight is 323 g/mol. The molecule has 2 aromatic rings. The zero-order valence-electron chi connectivity index (χ0n) is 13.8. The maximum Gasteiger partial charge on any atom is 0.410 e. The van der Waals surface area contributed by atoms with Gasteiger partial charge in [-0.2, -0.15) is 0 Å². The molecule has 1 amide bonds. The fourth-order valence-electron chi connectivity index (χ4n) is 3.21. The van der Waals surface area contributed by atoms with Gasteiger partial charge >= 0.3 is 6.09 Å². The van der Waals surface area contributed by atoms with E-state index in [0.717, 1.165) is 12.0 Å². The molecule has 4 heteroatoms. The van der Waals surface area contributed by atoms with Crippen LogP contribution in [0.5, 0.6) is 0 Å². The SMILES string of the molecule is CCOC(=O)N1CCc2ccccc2C1CC(=O)c1ccccc1. The lowest BCUT2D eigenvalue weighted by molar-refractivity contribution is 0.0770. The van der Waals surface area contributed by atoms with Gasteiger partial charge in [0.25, 0.3) is 0 Å². The number of hydrogen-bond acceptors (Lipinski definition) is 3. The van der Waals surface area contributed by atoms with Crippen LogP contribution in [-0.2, 0) is 11.2 Å². The largest absolute Gasteiger partial charge is 0.450 e. The van der Waals surface area contributed by atoms with Crippen LogP contribution in [0.1, 0.15) is 40.9 Å². The maximum atomic E-state index is 12.7. The topological polar surface area (TPSA) is 46.6 Å². The van der Waals surface area contributed by atoms with E-state index in [2.05, 4.69) is 6.07 Å². The second-order valence-electron chi connectivity index (χ2n) is 5.85. The number of hydrogen-bond donors (Lipinski definition) is 0. The summed E-state index contributed by atoms with van der Waals surface area (Å²) in [5.74, 6) is 0.0339. The van der Waals surface area contributed by atoms with Crippen LogP contribution in [-0.4, -0.2) is 29.9 Å². The zero-order valence-corrected chi connectivity index (χ0v) is 13.8. The Hall–Kier alpha value is -2.62. The third-order valence-electron chi connectivity index (χ3n) is 4.39. The van der Waals surface area contributed by atoms with E-state index in [9.17, 15) is 9.59 Å². The minimum Gasteiger partial charge on any atom is -0.450 e. The normalized spacial score (nSPS) is 16.4. The van der Waals surface area contributed by atoms with Crippen LogP contribution in [0.3, 0.4) is 0 Å². The lowest BCUT2D eigenvalue weighted by atomic mass is 9.89. The Morgan fingerprint density at radius 2 is 1.79 bits per heavy atom. The number of rotatable bonds is 4. The van der Waals surface area contributed by atoms with Crippen molar-refractivity contribution in [1.29, 1.82) is 0 Å². The van der Waals surface area contributed by atoms with Crippen molar-refractivity contribution in [3.8, 4) is 0 Å². The van der Waals surface area contributed by atoms with Gasteiger partial charge in [0.1, 0.15) is 0 Å². The highest BCUT2D eigenvalue weighted by atomic mass is 16.6. The number of fused-ring (bicyclic) bond motifs is 1. The van der Waals surface area contributed by atoms with E-state index in [1.54, 1.807) is 11.8 Å². The number of carbonyl (C=O) groups is 2. The lowest BCUT2D eigenvalue weighted by Gasteiger charge is -2.36. The van der Waals surface area contributed by atoms with E-state index >= 15 is 0 Å². The molecule has 1 aliphatic heterocycles. The summed E-state index contributed by atoms with van der Waals surface area (Å²) in [6.07, 6.45) is 0.697. The van der Waals surface area contributed by atoms with Crippen LogP contribution < -0.4 is 0 Å². The molecule has 0 saturated heterocycles. The second-order valence-corrected chi connectivity index (χ2v) is 5.85. The number of benzene rings is 2. The fraction of sp³-hybridized carbons (Fsp3) is 0.300. The molecule has 0 spiro atoms. The van der Waals surface area contributed by atoms with Gasteiger partial charge in [0.2, 0.25) is 0 Å². The number of nitrogens with zero attached hydrogens (tertiary/aromatic N) is 1. The Labute approximate surface area is 142 Å². The molecule has 4 nitrogen and oxygen atoms in total. The molecule has 0 aliphatic carbocycles. The highest BCUT2D eigenvalue weighted by Gasteiger charge is 2.33. The van der Waals surface area contributed by atoms with Gasteiger partial charge in [-0.3, -0.25) is 4.79 Å². The van der Waals surface area contributed by atoms with Crippen LogP contribution in [0.15, 0.2) is 54.6 Å². The van der Waals surface area contributed by atoms with Crippen molar-refractivity contribution in [2.24, 2.45) is 0 Å². The molecule has 0 bridgehead atoms. The van der Waals surface area contributed by atoms with Gasteiger partial charge in [0, 0.05) is 18.5 Å². The standard InChI is InChI=1S/C20H21NO3/c1-2-24-20(23)21-13-12-15-8-6-7-11-17(15)18(21)14-19(22)16-9-4-3-5-10-16/h3-11,18H,2,12-14H2,1H3. The fourth-order valence-corrected chi connectivity index (χ4v) is 3.21. The second kappa shape index (κ2) is 7.30. The smallest absolute Gasteiger partial charge is 0.410 e. The van der Waals surface area contributed by atoms with Gasteiger partial charge in [0.05, 0.1) is 12.6 Å². The van der Waals surface area contributed by atoms with Crippen molar-refractivity contribution in [3.63, 3.8) is 0 Å². The molecular weight excluding hydrogens is 302 g/mol. The molecule has 0 radical (unpaired) electrons. The molecule has 1 aliphatic rings. The minimum absolute atomic E-state index is 0.0339. The monoisotopic (exact) mass is 323 g/mol. The summed E-state index contributed by atoms with van der Waals surface area (Å²) in [7, 11) is 0. The van der Waals surface area contributed by atoms with Gasteiger partial charge in [-0.15, -0.1) is 0 Å². The molecular formula is C20H21NO3. The summed E-state index contributed by atoms with van der Waals surface area (Å²) in [6, 6.07) is 17.0. The van der Waals surface area contributed by atoms with Gasteiger partial charge in [-0.1, -0.05) is 54.6 Å².